The summed E-state index contributed by atoms with van der Waals surface area (Å²) in [4.78, 5) is 36.9. The second-order valence-corrected chi connectivity index (χ2v) is 8.15. The molecule has 152 valence electrons. The van der Waals surface area contributed by atoms with Crippen LogP contribution >= 0.6 is 0 Å². The number of amides is 2. The zero-order valence-corrected chi connectivity index (χ0v) is 16.1. The molecule has 0 aromatic heterocycles. The number of nitrogens with one attached hydrogen (secondary N) is 1. The lowest BCUT2D eigenvalue weighted by atomic mass is 9.84. The van der Waals surface area contributed by atoms with Crippen LogP contribution in [0.25, 0.3) is 0 Å². The monoisotopic (exact) mass is 394 g/mol. The molecule has 2 amide bonds. The maximum absolute atomic E-state index is 15.1. The van der Waals surface area contributed by atoms with Gasteiger partial charge in [-0.25, -0.2) is 8.78 Å². The van der Waals surface area contributed by atoms with Gasteiger partial charge in [0.15, 0.2) is 0 Å². The molecule has 2 aliphatic rings. The number of hydrogen-bond acceptors (Lipinski definition) is 3. The zero-order chi connectivity index (χ0) is 20.8. The van der Waals surface area contributed by atoms with Crippen molar-refractivity contribution in [3.8, 4) is 0 Å². The molecule has 1 aromatic carbocycles. The van der Waals surface area contributed by atoms with Gasteiger partial charge in [-0.3, -0.25) is 19.3 Å². The second kappa shape index (κ2) is 7.14. The minimum atomic E-state index is -1.27. The van der Waals surface area contributed by atoms with Crippen molar-refractivity contribution in [2.24, 2.45) is 5.92 Å². The molecule has 1 saturated carbocycles. The average Bonchev–Trinajstić information content (AvgIpc) is 3.42. The first kappa shape index (κ1) is 20.2. The van der Waals surface area contributed by atoms with E-state index in [-0.39, 0.29) is 30.1 Å². The van der Waals surface area contributed by atoms with E-state index in [2.05, 4.69) is 5.32 Å². The van der Waals surface area contributed by atoms with Gasteiger partial charge in [0.2, 0.25) is 11.8 Å². The molecule has 1 fully saturated rings. The van der Waals surface area contributed by atoms with E-state index < -0.39 is 47.3 Å². The van der Waals surface area contributed by atoms with E-state index in [4.69, 9.17) is 5.11 Å². The molecule has 0 spiro atoms. The molecule has 28 heavy (non-hydrogen) atoms. The SMILES string of the molecule is C[C@@H](CCNC(=O)CN1C(=O)C(C)(C)c2c(F)c(C3CC3)cc(F)c21)C(=O)O. The average molecular weight is 394 g/mol. The normalized spacial score (nSPS) is 18.8. The van der Waals surface area contributed by atoms with Gasteiger partial charge in [0.25, 0.3) is 0 Å². The predicted octanol–water partition coefficient (Wildman–Crippen LogP) is 2.69. The molecule has 3 rings (SSSR count). The van der Waals surface area contributed by atoms with E-state index in [1.807, 2.05) is 0 Å². The highest BCUT2D eigenvalue weighted by Gasteiger charge is 2.49. The van der Waals surface area contributed by atoms with Gasteiger partial charge in [-0.2, -0.15) is 0 Å². The van der Waals surface area contributed by atoms with Gasteiger partial charge < -0.3 is 10.4 Å². The second-order valence-electron chi connectivity index (χ2n) is 8.15. The van der Waals surface area contributed by atoms with Crippen LogP contribution in [0.2, 0.25) is 0 Å². The summed E-state index contributed by atoms with van der Waals surface area (Å²) < 4.78 is 29.9. The highest BCUT2D eigenvalue weighted by molar-refractivity contribution is 6.10. The Labute approximate surface area is 161 Å². The van der Waals surface area contributed by atoms with Crippen molar-refractivity contribution in [3.05, 3.63) is 28.8 Å². The first-order chi connectivity index (χ1) is 13.1. The lowest BCUT2D eigenvalue weighted by molar-refractivity contribution is -0.141. The molecule has 1 aliphatic heterocycles. The van der Waals surface area contributed by atoms with Crippen molar-refractivity contribution in [1.29, 1.82) is 0 Å². The van der Waals surface area contributed by atoms with Crippen LogP contribution in [0.1, 0.15) is 57.1 Å². The summed E-state index contributed by atoms with van der Waals surface area (Å²) in [6.45, 7) is 4.24. The first-order valence-electron chi connectivity index (χ1n) is 9.39. The molecular formula is C20H24F2N2O4. The van der Waals surface area contributed by atoms with Gasteiger partial charge in [0, 0.05) is 12.1 Å². The summed E-state index contributed by atoms with van der Waals surface area (Å²) in [6, 6.07) is 1.14. The van der Waals surface area contributed by atoms with Crippen molar-refractivity contribution >= 4 is 23.5 Å². The zero-order valence-electron chi connectivity index (χ0n) is 16.1. The van der Waals surface area contributed by atoms with E-state index in [0.29, 0.717) is 5.56 Å². The van der Waals surface area contributed by atoms with Gasteiger partial charge in [-0.1, -0.05) is 6.92 Å². The van der Waals surface area contributed by atoms with E-state index in [1.165, 1.54) is 20.8 Å². The Balaban J connectivity index is 1.81. The van der Waals surface area contributed by atoms with Gasteiger partial charge in [0.05, 0.1) is 17.0 Å². The fourth-order valence-corrected chi connectivity index (χ4v) is 3.61. The van der Waals surface area contributed by atoms with Crippen LogP contribution in [0.15, 0.2) is 6.07 Å². The topological polar surface area (TPSA) is 86.7 Å². The maximum atomic E-state index is 15.1. The molecule has 2 N–H and O–H groups in total. The number of rotatable bonds is 7. The standard InChI is InChI=1S/C20H24F2N2O4/c1-10(18(26)27)6-7-23-14(25)9-24-17-13(21)8-12(11-4-5-11)16(22)15(17)20(2,3)19(24)28/h8,10-11H,4-7,9H2,1-3H3,(H,23,25)(H,26,27)/t10-/m0/s1. The third kappa shape index (κ3) is 3.47. The minimum absolute atomic E-state index is 0.00620. The lowest BCUT2D eigenvalue weighted by Gasteiger charge is -2.20. The largest absolute Gasteiger partial charge is 0.481 e. The quantitative estimate of drug-likeness (QED) is 0.745. The number of carbonyl (C=O) groups excluding carboxylic acids is 2. The van der Waals surface area contributed by atoms with Crippen molar-refractivity contribution < 1.29 is 28.3 Å². The van der Waals surface area contributed by atoms with Gasteiger partial charge in [-0.15, -0.1) is 0 Å². The molecule has 8 heteroatoms. The van der Waals surface area contributed by atoms with Gasteiger partial charge in [-0.05, 0) is 50.7 Å². The number of carbonyl (C=O) groups is 3. The van der Waals surface area contributed by atoms with E-state index in [9.17, 15) is 18.8 Å². The highest BCUT2D eigenvalue weighted by atomic mass is 19.1. The molecular weight excluding hydrogens is 370 g/mol. The lowest BCUT2D eigenvalue weighted by Crippen LogP contribution is -2.43. The Kier molecular flexibility index (Phi) is 5.16. The summed E-state index contributed by atoms with van der Waals surface area (Å²) in [6.07, 6.45) is 1.82. The number of anilines is 1. The summed E-state index contributed by atoms with van der Waals surface area (Å²) in [5, 5.41) is 11.4. The molecule has 1 aliphatic carbocycles. The predicted molar refractivity (Wildman–Crippen MR) is 98.1 cm³/mol. The van der Waals surface area contributed by atoms with Crippen molar-refractivity contribution in [2.75, 3.05) is 18.0 Å². The van der Waals surface area contributed by atoms with Crippen LogP contribution in [-0.2, 0) is 19.8 Å². The van der Waals surface area contributed by atoms with E-state index in [1.54, 1.807) is 0 Å². The van der Waals surface area contributed by atoms with Crippen LogP contribution in [0.5, 0.6) is 0 Å². The Hall–Kier alpha value is -2.51. The Morgan fingerprint density at radius 1 is 1.36 bits per heavy atom. The number of fused-ring (bicyclic) bond motifs is 1. The third-order valence-electron chi connectivity index (χ3n) is 5.53. The van der Waals surface area contributed by atoms with Gasteiger partial charge in [0.1, 0.15) is 18.2 Å². The first-order valence-corrected chi connectivity index (χ1v) is 9.39. The number of nitrogens with zero attached hydrogens (tertiary/aromatic N) is 1. The molecule has 1 atom stereocenters. The maximum Gasteiger partial charge on any atom is 0.306 e. The molecule has 0 unspecified atom stereocenters. The number of hydrogen-bond donors (Lipinski definition) is 2. The summed E-state index contributed by atoms with van der Waals surface area (Å²) in [5.74, 6) is -3.97. The summed E-state index contributed by atoms with van der Waals surface area (Å²) >= 11 is 0. The molecule has 1 aromatic rings. The van der Waals surface area contributed by atoms with Crippen LogP contribution in [0, 0.1) is 17.6 Å². The smallest absolute Gasteiger partial charge is 0.306 e. The summed E-state index contributed by atoms with van der Waals surface area (Å²) in [7, 11) is 0. The van der Waals surface area contributed by atoms with Crippen LogP contribution in [0.4, 0.5) is 14.5 Å². The third-order valence-corrected chi connectivity index (χ3v) is 5.53. The van der Waals surface area contributed by atoms with Crippen LogP contribution in [0.3, 0.4) is 0 Å². The number of carboxylic acid groups (broad SMARTS) is 1. The van der Waals surface area contributed by atoms with E-state index in [0.717, 1.165) is 23.8 Å². The summed E-state index contributed by atoms with van der Waals surface area (Å²) in [5.41, 5.74) is -1.15. The Bertz CT molecular complexity index is 849. The number of halogens is 2. The highest BCUT2D eigenvalue weighted by Crippen LogP contribution is 2.50. The fraction of sp³-hybridized carbons (Fsp3) is 0.550. The molecule has 6 nitrogen and oxygen atoms in total. The molecule has 0 radical (unpaired) electrons. The van der Waals surface area contributed by atoms with Crippen LogP contribution < -0.4 is 10.2 Å². The number of aliphatic carboxylic acids is 1. The van der Waals surface area contributed by atoms with Crippen molar-refractivity contribution in [2.45, 2.75) is 51.4 Å². The van der Waals surface area contributed by atoms with Crippen molar-refractivity contribution in [3.63, 3.8) is 0 Å². The van der Waals surface area contributed by atoms with Crippen LogP contribution in [-0.4, -0.2) is 36.0 Å². The van der Waals surface area contributed by atoms with Gasteiger partial charge >= 0.3 is 5.97 Å². The number of carboxylic acids is 1. The van der Waals surface area contributed by atoms with Crippen molar-refractivity contribution in [1.82, 2.24) is 5.32 Å². The van der Waals surface area contributed by atoms with E-state index >= 15 is 4.39 Å². The molecule has 1 heterocycles. The molecule has 0 bridgehead atoms. The molecule has 0 saturated heterocycles. The minimum Gasteiger partial charge on any atom is -0.481 e. The fourth-order valence-electron chi connectivity index (χ4n) is 3.61. The number of benzene rings is 1. The Morgan fingerprint density at radius 3 is 2.57 bits per heavy atom. The Morgan fingerprint density at radius 2 is 2.00 bits per heavy atom.